The van der Waals surface area contributed by atoms with E-state index in [1.54, 1.807) is 12.2 Å². The van der Waals surface area contributed by atoms with E-state index in [1.807, 2.05) is 13.8 Å². The van der Waals surface area contributed by atoms with E-state index in [0.717, 1.165) is 6.42 Å². The van der Waals surface area contributed by atoms with Crippen molar-refractivity contribution in [3.8, 4) is 0 Å². The highest BCUT2D eigenvalue weighted by molar-refractivity contribution is 5.70. The molecule has 0 aliphatic heterocycles. The Morgan fingerprint density at radius 3 is 2.72 bits per heavy atom. The van der Waals surface area contributed by atoms with Crippen molar-refractivity contribution in [3.05, 3.63) is 12.2 Å². The van der Waals surface area contributed by atoms with E-state index >= 15 is 0 Å². The number of ether oxygens (including phenoxy) is 1. The van der Waals surface area contributed by atoms with E-state index in [-0.39, 0.29) is 18.1 Å². The minimum Gasteiger partial charge on any atom is -0.481 e. The predicted molar refractivity (Wildman–Crippen MR) is 67.3 cm³/mol. The molecule has 2 unspecified atom stereocenters. The van der Waals surface area contributed by atoms with Crippen LogP contribution in [0.5, 0.6) is 0 Å². The Bertz CT molecular complexity index is 325. The molecule has 0 radical (unpaired) electrons. The first-order chi connectivity index (χ1) is 8.49. The number of carboxylic acid groups (broad SMARTS) is 1. The molecule has 0 aromatic carbocycles. The minimum atomic E-state index is -0.753. The number of allylic oxidation sites excluding steroid dienone is 1. The molecule has 5 nitrogen and oxygen atoms in total. The number of alkyl carbamates (subject to hydrolysis) is 1. The lowest BCUT2D eigenvalue weighted by molar-refractivity contribution is -0.142. The Balaban J connectivity index is 2.45. The van der Waals surface area contributed by atoms with Gasteiger partial charge < -0.3 is 15.2 Å². The maximum atomic E-state index is 11.4. The Labute approximate surface area is 107 Å². The molecule has 0 saturated carbocycles. The maximum absolute atomic E-state index is 11.4. The van der Waals surface area contributed by atoms with Crippen molar-refractivity contribution in [2.75, 3.05) is 0 Å². The standard InChI is InChI=1S/C13H21NO4/c1-9(2)14-13(17)18-11-7-3-5-10(12(15)16)6-4-8-11/h3,7,9-11H,4-6,8H2,1-2H3,(H,14,17)(H,15,16)/b7-3+. The van der Waals surface area contributed by atoms with Crippen LogP contribution in [0.2, 0.25) is 0 Å². The third-order valence-electron chi connectivity index (χ3n) is 2.83. The largest absolute Gasteiger partial charge is 0.481 e. The number of hydrogen-bond donors (Lipinski definition) is 2. The quantitative estimate of drug-likeness (QED) is 0.759. The van der Waals surface area contributed by atoms with Gasteiger partial charge >= 0.3 is 12.1 Å². The number of nitrogens with one attached hydrogen (secondary N) is 1. The number of rotatable bonds is 3. The minimum absolute atomic E-state index is 0.0476. The van der Waals surface area contributed by atoms with Crippen molar-refractivity contribution >= 4 is 12.1 Å². The van der Waals surface area contributed by atoms with Crippen LogP contribution in [0, 0.1) is 5.92 Å². The second kappa shape index (κ2) is 7.03. The van der Waals surface area contributed by atoms with Gasteiger partial charge in [0.2, 0.25) is 0 Å². The van der Waals surface area contributed by atoms with Crippen LogP contribution in [0.1, 0.15) is 39.5 Å². The Morgan fingerprint density at radius 2 is 2.11 bits per heavy atom. The van der Waals surface area contributed by atoms with Gasteiger partial charge in [0.1, 0.15) is 6.10 Å². The van der Waals surface area contributed by atoms with E-state index in [4.69, 9.17) is 9.84 Å². The summed E-state index contributed by atoms with van der Waals surface area (Å²) < 4.78 is 5.25. The van der Waals surface area contributed by atoms with E-state index in [9.17, 15) is 9.59 Å². The zero-order valence-electron chi connectivity index (χ0n) is 10.9. The monoisotopic (exact) mass is 255 g/mol. The molecule has 0 spiro atoms. The van der Waals surface area contributed by atoms with Crippen LogP contribution >= 0.6 is 0 Å². The topological polar surface area (TPSA) is 75.6 Å². The van der Waals surface area contributed by atoms with Gasteiger partial charge in [0.15, 0.2) is 0 Å². The number of aliphatic carboxylic acids is 1. The average Bonchev–Trinajstić information content (AvgIpc) is 2.19. The van der Waals surface area contributed by atoms with Crippen LogP contribution in [0.15, 0.2) is 12.2 Å². The molecule has 0 aromatic heterocycles. The predicted octanol–water partition coefficient (Wildman–Crippen LogP) is 2.32. The molecule has 102 valence electrons. The molecule has 2 atom stereocenters. The first kappa shape index (κ1) is 14.5. The van der Waals surface area contributed by atoms with Gasteiger partial charge in [-0.05, 0) is 45.6 Å². The van der Waals surface area contributed by atoms with Crippen LogP contribution in [-0.2, 0) is 9.53 Å². The van der Waals surface area contributed by atoms with Crippen LogP contribution in [0.3, 0.4) is 0 Å². The molecule has 0 saturated heterocycles. The second-order valence-electron chi connectivity index (χ2n) is 4.87. The van der Waals surface area contributed by atoms with Crippen molar-refractivity contribution in [1.82, 2.24) is 5.32 Å². The molecule has 5 heteroatoms. The van der Waals surface area contributed by atoms with Gasteiger partial charge in [-0.15, -0.1) is 0 Å². The highest BCUT2D eigenvalue weighted by atomic mass is 16.6. The van der Waals surface area contributed by atoms with Gasteiger partial charge in [0.05, 0.1) is 5.92 Å². The Hall–Kier alpha value is -1.52. The molecule has 2 N–H and O–H groups in total. The number of carboxylic acids is 1. The summed E-state index contributed by atoms with van der Waals surface area (Å²) in [5.74, 6) is -1.07. The fraction of sp³-hybridized carbons (Fsp3) is 0.692. The smallest absolute Gasteiger partial charge is 0.407 e. The number of amides is 1. The first-order valence-corrected chi connectivity index (χ1v) is 6.35. The van der Waals surface area contributed by atoms with Crippen molar-refractivity contribution in [3.63, 3.8) is 0 Å². The zero-order valence-corrected chi connectivity index (χ0v) is 10.9. The van der Waals surface area contributed by atoms with Gasteiger partial charge in [0, 0.05) is 6.04 Å². The number of hydrogen-bond acceptors (Lipinski definition) is 3. The van der Waals surface area contributed by atoms with E-state index in [1.165, 1.54) is 0 Å². The zero-order chi connectivity index (χ0) is 13.5. The van der Waals surface area contributed by atoms with Gasteiger partial charge in [-0.1, -0.05) is 6.08 Å². The highest BCUT2D eigenvalue weighted by Crippen LogP contribution is 2.20. The summed E-state index contributed by atoms with van der Waals surface area (Å²) in [6.45, 7) is 3.74. The van der Waals surface area contributed by atoms with Crippen molar-refractivity contribution in [2.45, 2.75) is 51.7 Å². The molecule has 1 amide bonds. The van der Waals surface area contributed by atoms with Crippen molar-refractivity contribution < 1.29 is 19.4 Å². The van der Waals surface area contributed by atoms with Crippen molar-refractivity contribution in [2.24, 2.45) is 5.92 Å². The lowest BCUT2D eigenvalue weighted by Crippen LogP contribution is -2.33. The third kappa shape index (κ3) is 5.21. The first-order valence-electron chi connectivity index (χ1n) is 6.35. The fourth-order valence-corrected chi connectivity index (χ4v) is 1.90. The third-order valence-corrected chi connectivity index (χ3v) is 2.83. The fourth-order valence-electron chi connectivity index (χ4n) is 1.90. The Kier molecular flexibility index (Phi) is 5.68. The van der Waals surface area contributed by atoms with Crippen LogP contribution in [-0.4, -0.2) is 29.3 Å². The molecule has 18 heavy (non-hydrogen) atoms. The second-order valence-corrected chi connectivity index (χ2v) is 4.87. The van der Waals surface area contributed by atoms with Crippen LogP contribution in [0.25, 0.3) is 0 Å². The van der Waals surface area contributed by atoms with Gasteiger partial charge in [-0.25, -0.2) is 4.79 Å². The maximum Gasteiger partial charge on any atom is 0.407 e. The molecule has 0 bridgehead atoms. The number of carbonyl (C=O) groups is 2. The van der Waals surface area contributed by atoms with Gasteiger partial charge in [-0.3, -0.25) is 4.79 Å². The van der Waals surface area contributed by atoms with E-state index < -0.39 is 12.1 Å². The summed E-state index contributed by atoms with van der Waals surface area (Å²) in [5.41, 5.74) is 0. The summed E-state index contributed by atoms with van der Waals surface area (Å²) in [6, 6.07) is 0.0476. The summed E-state index contributed by atoms with van der Waals surface area (Å²) in [4.78, 5) is 22.3. The highest BCUT2D eigenvalue weighted by Gasteiger charge is 2.20. The van der Waals surface area contributed by atoms with E-state index in [0.29, 0.717) is 19.3 Å². The molecule has 0 fully saturated rings. The molecule has 1 rings (SSSR count). The van der Waals surface area contributed by atoms with Crippen molar-refractivity contribution in [1.29, 1.82) is 0 Å². The lowest BCUT2D eigenvalue weighted by Gasteiger charge is -2.19. The molecule has 0 heterocycles. The van der Waals surface area contributed by atoms with Gasteiger partial charge in [-0.2, -0.15) is 0 Å². The summed E-state index contributed by atoms with van der Waals surface area (Å²) in [7, 11) is 0. The van der Waals surface area contributed by atoms with Gasteiger partial charge in [0.25, 0.3) is 0 Å². The molecular formula is C13H21NO4. The molecule has 0 aromatic rings. The lowest BCUT2D eigenvalue weighted by atomic mass is 9.94. The summed E-state index contributed by atoms with van der Waals surface area (Å²) in [5, 5.41) is 11.6. The van der Waals surface area contributed by atoms with Crippen LogP contribution in [0.4, 0.5) is 4.79 Å². The average molecular weight is 255 g/mol. The van der Waals surface area contributed by atoms with E-state index in [2.05, 4.69) is 5.32 Å². The SMILES string of the molecule is CC(C)NC(=O)OC1/C=C/CC(C(=O)O)CCC1. The molecule has 1 aliphatic rings. The molecular weight excluding hydrogens is 234 g/mol. The summed E-state index contributed by atoms with van der Waals surface area (Å²) in [6.07, 6.45) is 5.47. The summed E-state index contributed by atoms with van der Waals surface area (Å²) >= 11 is 0. The van der Waals surface area contributed by atoms with Crippen LogP contribution < -0.4 is 5.32 Å². The normalized spacial score (nSPS) is 25.9. The number of carbonyl (C=O) groups excluding carboxylic acids is 1. The Morgan fingerprint density at radius 1 is 1.39 bits per heavy atom. The molecule has 1 aliphatic carbocycles.